The number of carbonyl (C=O) groups excluding carboxylic acids is 2. The predicted molar refractivity (Wildman–Crippen MR) is 126 cm³/mol. The number of hydrogen-bond donors (Lipinski definition) is 1. The van der Waals surface area contributed by atoms with Gasteiger partial charge in [0.15, 0.2) is 0 Å². The number of aliphatic hydroxyl groups excluding tert-OH is 1. The lowest BCUT2D eigenvalue weighted by Crippen LogP contribution is -2.40. The maximum atomic E-state index is 13.3. The molecule has 0 radical (unpaired) electrons. The second-order valence-electron chi connectivity index (χ2n) is 8.68. The van der Waals surface area contributed by atoms with Gasteiger partial charge in [0.05, 0.1) is 25.3 Å². The summed E-state index contributed by atoms with van der Waals surface area (Å²) in [6, 6.07) is 12.0. The van der Waals surface area contributed by atoms with Crippen LogP contribution in [0.4, 0.5) is 0 Å². The van der Waals surface area contributed by atoms with E-state index in [1.165, 1.54) is 0 Å². The number of benzene rings is 2. The van der Waals surface area contributed by atoms with Crippen LogP contribution in [-0.2, 0) is 9.59 Å². The Morgan fingerprint density at radius 2 is 1.76 bits per heavy atom. The zero-order chi connectivity index (χ0) is 23.5. The number of likely N-dealkylation sites (tertiary alicyclic amines) is 1. The molecule has 6 heteroatoms. The van der Waals surface area contributed by atoms with Crippen molar-refractivity contribution < 1.29 is 24.2 Å². The molecule has 1 unspecified atom stereocenters. The molecule has 1 N–H and O–H groups in total. The van der Waals surface area contributed by atoms with E-state index in [1.807, 2.05) is 38.1 Å². The summed E-state index contributed by atoms with van der Waals surface area (Å²) in [6.07, 6.45) is 4.92. The molecule has 2 aromatic rings. The van der Waals surface area contributed by atoms with Crippen LogP contribution in [0.15, 0.2) is 48.0 Å². The topological polar surface area (TPSA) is 76.1 Å². The molecular weight excluding hydrogens is 418 g/mol. The van der Waals surface area contributed by atoms with Gasteiger partial charge in [-0.3, -0.25) is 9.59 Å². The number of aryl methyl sites for hydroxylation is 1. The summed E-state index contributed by atoms with van der Waals surface area (Å²) in [5.41, 5.74) is 2.27. The Kier molecular flexibility index (Phi) is 6.72. The third-order valence-electron chi connectivity index (χ3n) is 6.63. The van der Waals surface area contributed by atoms with Crippen LogP contribution in [0.3, 0.4) is 0 Å². The number of nitrogens with zero attached hydrogens (tertiary/aromatic N) is 1. The number of rotatable bonds is 6. The molecule has 4 rings (SSSR count). The Morgan fingerprint density at radius 3 is 2.36 bits per heavy atom. The van der Waals surface area contributed by atoms with E-state index >= 15 is 0 Å². The van der Waals surface area contributed by atoms with Gasteiger partial charge < -0.3 is 19.5 Å². The van der Waals surface area contributed by atoms with Gasteiger partial charge in [-0.2, -0.15) is 0 Å². The first kappa shape index (κ1) is 22.9. The molecule has 0 spiro atoms. The molecule has 1 aliphatic carbocycles. The maximum absolute atomic E-state index is 13.3. The smallest absolute Gasteiger partial charge is 0.295 e. The van der Waals surface area contributed by atoms with Crippen LogP contribution in [0.5, 0.6) is 11.5 Å². The summed E-state index contributed by atoms with van der Waals surface area (Å²) >= 11 is 0. The first-order chi connectivity index (χ1) is 16.0. The Hall–Kier alpha value is -3.28. The number of aliphatic hydroxyl groups is 1. The van der Waals surface area contributed by atoms with Crippen LogP contribution in [0.25, 0.3) is 5.76 Å². The van der Waals surface area contributed by atoms with Gasteiger partial charge in [0, 0.05) is 11.6 Å². The van der Waals surface area contributed by atoms with Crippen molar-refractivity contribution in [3.05, 3.63) is 64.7 Å². The third-order valence-corrected chi connectivity index (χ3v) is 6.63. The van der Waals surface area contributed by atoms with Crippen molar-refractivity contribution in [2.24, 2.45) is 0 Å². The van der Waals surface area contributed by atoms with E-state index in [0.29, 0.717) is 17.9 Å². The van der Waals surface area contributed by atoms with E-state index in [9.17, 15) is 14.7 Å². The molecule has 2 fully saturated rings. The van der Waals surface area contributed by atoms with Gasteiger partial charge in [-0.05, 0) is 68.1 Å². The van der Waals surface area contributed by atoms with Crippen molar-refractivity contribution in [1.29, 1.82) is 0 Å². The highest BCUT2D eigenvalue weighted by Crippen LogP contribution is 2.43. The van der Waals surface area contributed by atoms with E-state index in [2.05, 4.69) is 0 Å². The van der Waals surface area contributed by atoms with Gasteiger partial charge in [-0.25, -0.2) is 0 Å². The second kappa shape index (κ2) is 9.69. The fraction of sp³-hybridized carbons (Fsp3) is 0.407. The number of methoxy groups -OCH3 is 1. The molecule has 6 nitrogen and oxygen atoms in total. The van der Waals surface area contributed by atoms with Crippen molar-refractivity contribution in [1.82, 2.24) is 4.90 Å². The van der Waals surface area contributed by atoms with E-state index < -0.39 is 17.7 Å². The number of ketones is 1. The Bertz CT molecular complexity index is 1070. The average molecular weight is 450 g/mol. The van der Waals surface area contributed by atoms with Crippen LogP contribution in [0.1, 0.15) is 61.8 Å². The molecule has 1 atom stereocenters. The van der Waals surface area contributed by atoms with Gasteiger partial charge in [-0.1, -0.05) is 31.4 Å². The minimum Gasteiger partial charge on any atom is -0.507 e. The molecule has 2 aliphatic rings. The van der Waals surface area contributed by atoms with Crippen LogP contribution in [-0.4, -0.2) is 41.5 Å². The second-order valence-corrected chi connectivity index (χ2v) is 8.68. The van der Waals surface area contributed by atoms with Crippen LogP contribution < -0.4 is 9.47 Å². The maximum Gasteiger partial charge on any atom is 0.295 e. The van der Waals surface area contributed by atoms with Crippen LogP contribution >= 0.6 is 0 Å². The summed E-state index contributed by atoms with van der Waals surface area (Å²) in [7, 11) is 1.59. The molecule has 1 heterocycles. The molecule has 174 valence electrons. The minimum atomic E-state index is -0.634. The molecule has 1 aliphatic heterocycles. The minimum absolute atomic E-state index is 0.0188. The normalized spacial score (nSPS) is 20.8. The van der Waals surface area contributed by atoms with E-state index in [-0.39, 0.29) is 17.4 Å². The number of hydrogen-bond acceptors (Lipinski definition) is 5. The monoisotopic (exact) mass is 449 g/mol. The van der Waals surface area contributed by atoms with Gasteiger partial charge in [0.2, 0.25) is 0 Å². The van der Waals surface area contributed by atoms with Gasteiger partial charge in [0.1, 0.15) is 17.3 Å². The average Bonchev–Trinajstić information content (AvgIpc) is 3.11. The van der Waals surface area contributed by atoms with Crippen LogP contribution in [0.2, 0.25) is 0 Å². The zero-order valence-electron chi connectivity index (χ0n) is 19.5. The summed E-state index contributed by atoms with van der Waals surface area (Å²) in [5, 5.41) is 11.3. The molecule has 1 amide bonds. The van der Waals surface area contributed by atoms with Gasteiger partial charge in [-0.15, -0.1) is 0 Å². The lowest BCUT2D eigenvalue weighted by atomic mass is 9.91. The molecule has 1 saturated heterocycles. The lowest BCUT2D eigenvalue weighted by molar-refractivity contribution is -0.141. The zero-order valence-corrected chi connectivity index (χ0v) is 19.5. The number of amides is 1. The van der Waals surface area contributed by atoms with Gasteiger partial charge >= 0.3 is 0 Å². The Labute approximate surface area is 194 Å². The fourth-order valence-corrected chi connectivity index (χ4v) is 4.97. The van der Waals surface area contributed by atoms with Crippen LogP contribution in [0, 0.1) is 6.92 Å². The van der Waals surface area contributed by atoms with Crippen molar-refractivity contribution in [2.75, 3.05) is 13.7 Å². The largest absolute Gasteiger partial charge is 0.507 e. The highest BCUT2D eigenvalue weighted by molar-refractivity contribution is 6.46. The van der Waals surface area contributed by atoms with Crippen molar-refractivity contribution in [3.63, 3.8) is 0 Å². The summed E-state index contributed by atoms with van der Waals surface area (Å²) in [6.45, 7) is 4.34. The summed E-state index contributed by atoms with van der Waals surface area (Å²) in [5.74, 6) is 0.0925. The first-order valence-corrected chi connectivity index (χ1v) is 11.6. The Morgan fingerprint density at radius 1 is 1.06 bits per heavy atom. The van der Waals surface area contributed by atoms with Gasteiger partial charge in [0.25, 0.3) is 11.7 Å². The van der Waals surface area contributed by atoms with E-state index in [1.54, 1.807) is 30.2 Å². The van der Waals surface area contributed by atoms with Crippen molar-refractivity contribution in [3.8, 4) is 11.5 Å². The van der Waals surface area contributed by atoms with Crippen molar-refractivity contribution in [2.45, 2.75) is 58.0 Å². The SMILES string of the molecule is CCOc1ccc(/C(O)=C2/C(=O)C(=O)N(C3CCCCC3)C2c2ccc(OC)cc2)cc1C. The molecule has 1 saturated carbocycles. The highest BCUT2D eigenvalue weighted by atomic mass is 16.5. The summed E-state index contributed by atoms with van der Waals surface area (Å²) in [4.78, 5) is 28.2. The van der Waals surface area contributed by atoms with E-state index in [4.69, 9.17) is 9.47 Å². The van der Waals surface area contributed by atoms with Crippen molar-refractivity contribution >= 4 is 17.4 Å². The highest BCUT2D eigenvalue weighted by Gasteiger charge is 2.48. The molecule has 2 aromatic carbocycles. The molecule has 33 heavy (non-hydrogen) atoms. The molecule has 0 aromatic heterocycles. The third kappa shape index (κ3) is 4.34. The Balaban J connectivity index is 1.83. The fourth-order valence-electron chi connectivity index (χ4n) is 4.97. The number of Topliss-reactive ketones (excluding diaryl/α,β-unsaturated/α-hetero) is 1. The molecular formula is C27H31NO5. The lowest BCUT2D eigenvalue weighted by Gasteiger charge is -2.35. The summed E-state index contributed by atoms with van der Waals surface area (Å²) < 4.78 is 10.9. The molecule has 0 bridgehead atoms. The van der Waals surface area contributed by atoms with E-state index in [0.717, 1.165) is 49.0 Å². The number of carbonyl (C=O) groups is 2. The quantitative estimate of drug-likeness (QED) is 0.375. The predicted octanol–water partition coefficient (Wildman–Crippen LogP) is 5.16. The number of ether oxygens (including phenoxy) is 2. The standard InChI is InChI=1S/C27H31NO5/c1-4-33-22-15-12-19(16-17(22)2)25(29)23-24(18-10-13-21(32-3)14-11-18)28(27(31)26(23)30)20-8-6-5-7-9-20/h10-16,20,24,29H,4-9H2,1-3H3/b25-23-. The first-order valence-electron chi connectivity index (χ1n) is 11.6.